The Labute approximate surface area is 110 Å². The number of hydrogen-bond donors (Lipinski definition) is 0. The van der Waals surface area contributed by atoms with Crippen LogP contribution >= 0.6 is 0 Å². The molecule has 0 rings (SSSR count). The zero-order chi connectivity index (χ0) is 12.9. The van der Waals surface area contributed by atoms with Crippen molar-refractivity contribution in [3.63, 3.8) is 0 Å². The van der Waals surface area contributed by atoms with Gasteiger partial charge < -0.3 is 0 Å². The first-order valence-corrected chi connectivity index (χ1v) is 7.61. The molecule has 0 saturated carbocycles. The highest BCUT2D eigenvalue weighted by molar-refractivity contribution is 5.00. The van der Waals surface area contributed by atoms with Crippen LogP contribution in [0.5, 0.6) is 0 Å². The lowest BCUT2D eigenvalue weighted by atomic mass is 10.0. The summed E-state index contributed by atoms with van der Waals surface area (Å²) in [5, 5.41) is 0. The minimum atomic E-state index is 0.538. The van der Waals surface area contributed by atoms with Crippen molar-refractivity contribution in [2.45, 2.75) is 85.5 Å². The van der Waals surface area contributed by atoms with Crippen molar-refractivity contribution in [3.8, 4) is 11.8 Å². The van der Waals surface area contributed by atoms with Crippen molar-refractivity contribution >= 4 is 0 Å². The van der Waals surface area contributed by atoms with E-state index in [4.69, 9.17) is 0 Å². The maximum absolute atomic E-state index is 3.26. The Morgan fingerprint density at radius 3 is 1.76 bits per heavy atom. The molecule has 0 aromatic rings. The van der Waals surface area contributed by atoms with Crippen LogP contribution in [-0.4, -0.2) is 0 Å². The molecule has 0 aromatic heterocycles. The van der Waals surface area contributed by atoms with Crippen LogP contribution in [0.25, 0.3) is 0 Å². The lowest BCUT2D eigenvalue weighted by Gasteiger charge is -2.03. The molecule has 0 N–H and O–H groups in total. The standard InChI is InChI=1S/C17H32/c1-16(2)14-12-10-8-6-5-7-9-11-13-15-17(3)4/h16-17H,5-12,14H2,1-4H3. The maximum Gasteiger partial charge on any atom is 0.0146 e. The quantitative estimate of drug-likeness (QED) is 0.350. The molecule has 0 aromatic carbocycles. The van der Waals surface area contributed by atoms with Gasteiger partial charge in [-0.05, 0) is 12.3 Å². The summed E-state index contributed by atoms with van der Waals surface area (Å²) in [7, 11) is 0. The molecule has 0 saturated heterocycles. The molecule has 100 valence electrons. The van der Waals surface area contributed by atoms with Crippen molar-refractivity contribution in [1.29, 1.82) is 0 Å². The predicted octanol–water partition coefficient (Wildman–Crippen LogP) is 5.81. The third kappa shape index (κ3) is 15.6. The van der Waals surface area contributed by atoms with Gasteiger partial charge in [-0.25, -0.2) is 0 Å². The summed E-state index contributed by atoms with van der Waals surface area (Å²) < 4.78 is 0. The van der Waals surface area contributed by atoms with Crippen molar-refractivity contribution < 1.29 is 0 Å². The van der Waals surface area contributed by atoms with Gasteiger partial charge in [0.2, 0.25) is 0 Å². The maximum atomic E-state index is 3.26. The van der Waals surface area contributed by atoms with E-state index in [9.17, 15) is 0 Å². The first-order valence-electron chi connectivity index (χ1n) is 7.61. The van der Waals surface area contributed by atoms with E-state index < -0.39 is 0 Å². The molecule has 0 fully saturated rings. The number of hydrogen-bond acceptors (Lipinski definition) is 0. The second-order valence-corrected chi connectivity index (χ2v) is 5.88. The average Bonchev–Trinajstić information content (AvgIpc) is 2.25. The summed E-state index contributed by atoms with van der Waals surface area (Å²) in [6.07, 6.45) is 12.3. The summed E-state index contributed by atoms with van der Waals surface area (Å²) in [4.78, 5) is 0. The van der Waals surface area contributed by atoms with E-state index in [1.54, 1.807) is 0 Å². The lowest BCUT2D eigenvalue weighted by Crippen LogP contribution is -1.87. The summed E-state index contributed by atoms with van der Waals surface area (Å²) >= 11 is 0. The van der Waals surface area contributed by atoms with Gasteiger partial charge in [-0.15, -0.1) is 11.8 Å². The van der Waals surface area contributed by atoms with Crippen molar-refractivity contribution in [2.24, 2.45) is 11.8 Å². The third-order valence-electron chi connectivity index (χ3n) is 2.97. The van der Waals surface area contributed by atoms with Crippen LogP contribution in [0.1, 0.15) is 85.5 Å². The van der Waals surface area contributed by atoms with E-state index in [1.807, 2.05) is 0 Å². The summed E-state index contributed by atoms with van der Waals surface area (Å²) in [5.41, 5.74) is 0. The van der Waals surface area contributed by atoms with Gasteiger partial charge in [-0.2, -0.15) is 0 Å². The van der Waals surface area contributed by atoms with E-state index in [0.717, 1.165) is 12.3 Å². The molecule has 0 aliphatic carbocycles. The van der Waals surface area contributed by atoms with E-state index in [2.05, 4.69) is 39.5 Å². The average molecular weight is 236 g/mol. The molecule has 0 aliphatic rings. The molecule has 0 bridgehead atoms. The molecule has 0 atom stereocenters. The normalized spacial score (nSPS) is 10.7. The molecule has 0 aliphatic heterocycles. The minimum absolute atomic E-state index is 0.538. The van der Waals surface area contributed by atoms with Crippen LogP contribution in [0.3, 0.4) is 0 Å². The van der Waals surface area contributed by atoms with E-state index in [1.165, 1.54) is 51.4 Å². The monoisotopic (exact) mass is 236 g/mol. The molecular formula is C17H32. The van der Waals surface area contributed by atoms with Crippen LogP contribution in [0.15, 0.2) is 0 Å². The fraction of sp³-hybridized carbons (Fsp3) is 0.882. The Morgan fingerprint density at radius 1 is 0.706 bits per heavy atom. The fourth-order valence-corrected chi connectivity index (χ4v) is 1.93. The second kappa shape index (κ2) is 12.0. The van der Waals surface area contributed by atoms with Crippen molar-refractivity contribution in [2.75, 3.05) is 0 Å². The number of rotatable bonds is 9. The molecule has 0 spiro atoms. The van der Waals surface area contributed by atoms with Crippen LogP contribution in [0.4, 0.5) is 0 Å². The highest BCUT2D eigenvalue weighted by Gasteiger charge is 1.94. The molecule has 0 amide bonds. The highest BCUT2D eigenvalue weighted by atomic mass is 14.0. The van der Waals surface area contributed by atoms with Crippen LogP contribution in [0.2, 0.25) is 0 Å². The van der Waals surface area contributed by atoms with Gasteiger partial charge >= 0.3 is 0 Å². The first-order chi connectivity index (χ1) is 8.13. The Hall–Kier alpha value is -0.440. The fourth-order valence-electron chi connectivity index (χ4n) is 1.93. The summed E-state index contributed by atoms with van der Waals surface area (Å²) in [5.74, 6) is 7.91. The van der Waals surface area contributed by atoms with Gasteiger partial charge in [0.1, 0.15) is 0 Å². The largest absolute Gasteiger partial charge is 0.103 e. The molecular weight excluding hydrogens is 204 g/mol. The minimum Gasteiger partial charge on any atom is -0.103 e. The molecule has 0 heteroatoms. The van der Waals surface area contributed by atoms with Gasteiger partial charge in [0.15, 0.2) is 0 Å². The van der Waals surface area contributed by atoms with Crippen molar-refractivity contribution in [1.82, 2.24) is 0 Å². The Balaban J connectivity index is 3.07. The third-order valence-corrected chi connectivity index (χ3v) is 2.97. The van der Waals surface area contributed by atoms with Crippen LogP contribution in [0, 0.1) is 23.7 Å². The SMILES string of the molecule is CC(C)C#CCCCCCCCCCC(C)C. The summed E-state index contributed by atoms with van der Waals surface area (Å²) in [6.45, 7) is 8.95. The Kier molecular flexibility index (Phi) is 11.7. The Bertz CT molecular complexity index is 202. The number of unbranched alkanes of at least 4 members (excludes halogenated alkanes) is 7. The molecule has 0 unspecified atom stereocenters. The zero-order valence-corrected chi connectivity index (χ0v) is 12.5. The molecule has 0 heterocycles. The van der Waals surface area contributed by atoms with E-state index >= 15 is 0 Å². The van der Waals surface area contributed by atoms with Gasteiger partial charge in [-0.3, -0.25) is 0 Å². The summed E-state index contributed by atoms with van der Waals surface area (Å²) in [6, 6.07) is 0. The van der Waals surface area contributed by atoms with Crippen LogP contribution < -0.4 is 0 Å². The first kappa shape index (κ1) is 16.6. The van der Waals surface area contributed by atoms with Crippen LogP contribution in [-0.2, 0) is 0 Å². The molecule has 0 nitrogen and oxygen atoms in total. The van der Waals surface area contributed by atoms with Gasteiger partial charge in [-0.1, -0.05) is 72.6 Å². The smallest absolute Gasteiger partial charge is 0.0146 e. The molecule has 0 radical (unpaired) electrons. The second-order valence-electron chi connectivity index (χ2n) is 5.88. The zero-order valence-electron chi connectivity index (χ0n) is 12.5. The van der Waals surface area contributed by atoms with Crippen molar-refractivity contribution in [3.05, 3.63) is 0 Å². The van der Waals surface area contributed by atoms with Gasteiger partial charge in [0.05, 0.1) is 0 Å². The van der Waals surface area contributed by atoms with Gasteiger partial charge in [0.25, 0.3) is 0 Å². The molecule has 17 heavy (non-hydrogen) atoms. The Morgan fingerprint density at radius 2 is 1.24 bits per heavy atom. The highest BCUT2D eigenvalue weighted by Crippen LogP contribution is 2.12. The lowest BCUT2D eigenvalue weighted by molar-refractivity contribution is 0.510. The van der Waals surface area contributed by atoms with E-state index in [0.29, 0.717) is 5.92 Å². The topological polar surface area (TPSA) is 0 Å². The predicted molar refractivity (Wildman–Crippen MR) is 79.0 cm³/mol. The van der Waals surface area contributed by atoms with Gasteiger partial charge in [0, 0.05) is 12.3 Å². The van der Waals surface area contributed by atoms with E-state index in [-0.39, 0.29) is 0 Å².